The Balaban J connectivity index is 0.00000288. The van der Waals surface area contributed by atoms with Gasteiger partial charge in [0.1, 0.15) is 17.9 Å². The number of oxazole rings is 1. The number of guanidine groups is 1. The number of rotatable bonds is 6. The maximum absolute atomic E-state index is 10.5. The van der Waals surface area contributed by atoms with Gasteiger partial charge < -0.3 is 20.2 Å². The predicted octanol–water partition coefficient (Wildman–Crippen LogP) is 2.93. The van der Waals surface area contributed by atoms with E-state index in [9.17, 15) is 5.11 Å². The second-order valence-corrected chi connectivity index (χ2v) is 6.36. The number of hydrogen-bond donors (Lipinski definition) is 3. The minimum Gasteiger partial charge on any atom is -0.444 e. The van der Waals surface area contributed by atoms with Crippen LogP contribution in [0.15, 0.2) is 26.2 Å². The van der Waals surface area contributed by atoms with Gasteiger partial charge in [-0.15, -0.1) is 24.0 Å². The predicted molar refractivity (Wildman–Crippen MR) is 108 cm³/mol. The number of aliphatic imine (C=N–C) groups is 1. The van der Waals surface area contributed by atoms with Crippen LogP contribution in [-0.2, 0) is 12.1 Å². The molecule has 134 valence electrons. The molecule has 1 unspecified atom stereocenters. The first-order valence-electron chi connectivity index (χ1n) is 7.62. The fourth-order valence-corrected chi connectivity index (χ4v) is 2.81. The number of halogens is 1. The summed E-state index contributed by atoms with van der Waals surface area (Å²) < 4.78 is 5.53. The number of nitrogens with zero attached hydrogens (tertiary/aromatic N) is 2. The van der Waals surface area contributed by atoms with Crippen molar-refractivity contribution in [2.45, 2.75) is 39.8 Å². The van der Waals surface area contributed by atoms with Crippen LogP contribution >= 0.6 is 35.3 Å². The van der Waals surface area contributed by atoms with Gasteiger partial charge in [-0.05, 0) is 50.1 Å². The Bertz CT molecular complexity index is 634. The maximum Gasteiger partial charge on any atom is 0.216 e. The Morgan fingerprint density at radius 2 is 2.17 bits per heavy atom. The van der Waals surface area contributed by atoms with E-state index in [1.807, 2.05) is 37.6 Å². The van der Waals surface area contributed by atoms with E-state index in [0.29, 0.717) is 24.9 Å². The molecule has 0 spiro atoms. The summed E-state index contributed by atoms with van der Waals surface area (Å²) in [5, 5.41) is 20.8. The topological polar surface area (TPSA) is 82.7 Å². The molecule has 6 nitrogen and oxygen atoms in total. The van der Waals surface area contributed by atoms with Crippen LogP contribution in [0.2, 0.25) is 0 Å². The van der Waals surface area contributed by atoms with Crippen LogP contribution in [0.1, 0.15) is 36.8 Å². The summed E-state index contributed by atoms with van der Waals surface area (Å²) in [6.45, 7) is 9.02. The number of hydrogen-bond acceptors (Lipinski definition) is 5. The fraction of sp³-hybridized carbons (Fsp3) is 0.500. The fourth-order valence-electron chi connectivity index (χ4n) is 2.02. The van der Waals surface area contributed by atoms with E-state index in [1.54, 1.807) is 18.3 Å². The van der Waals surface area contributed by atoms with Crippen LogP contribution in [0.25, 0.3) is 0 Å². The highest BCUT2D eigenvalue weighted by atomic mass is 127. The van der Waals surface area contributed by atoms with Gasteiger partial charge in [0.15, 0.2) is 5.96 Å². The zero-order chi connectivity index (χ0) is 16.9. The van der Waals surface area contributed by atoms with E-state index in [4.69, 9.17) is 4.42 Å². The molecule has 0 aromatic carbocycles. The second-order valence-electron chi connectivity index (χ2n) is 5.58. The lowest BCUT2D eigenvalue weighted by Crippen LogP contribution is -2.44. The number of aliphatic hydroxyl groups is 1. The number of aromatic nitrogens is 1. The zero-order valence-corrected chi connectivity index (χ0v) is 17.6. The van der Waals surface area contributed by atoms with Gasteiger partial charge in [-0.25, -0.2) is 9.98 Å². The lowest BCUT2D eigenvalue weighted by Gasteiger charge is -2.24. The summed E-state index contributed by atoms with van der Waals surface area (Å²) >= 11 is 1.57. The highest BCUT2D eigenvalue weighted by Crippen LogP contribution is 2.21. The van der Waals surface area contributed by atoms with Crippen LogP contribution in [0.4, 0.5) is 0 Å². The van der Waals surface area contributed by atoms with E-state index in [1.165, 1.54) is 0 Å². The van der Waals surface area contributed by atoms with Crippen LogP contribution in [0.5, 0.6) is 0 Å². The molecular formula is C16H25IN4O2S. The number of nitrogens with one attached hydrogen (secondary N) is 2. The normalized spacial score (nSPS) is 14.0. The minimum atomic E-state index is -0.952. The summed E-state index contributed by atoms with van der Waals surface area (Å²) in [4.78, 5) is 8.77. The van der Waals surface area contributed by atoms with Gasteiger partial charge in [0.25, 0.3) is 0 Å². The van der Waals surface area contributed by atoms with E-state index in [-0.39, 0.29) is 24.0 Å². The van der Waals surface area contributed by atoms with Crippen molar-refractivity contribution in [3.63, 3.8) is 0 Å². The third-order valence-electron chi connectivity index (χ3n) is 3.53. The Morgan fingerprint density at radius 1 is 1.42 bits per heavy atom. The standard InChI is InChI=1S/C16H24N4O2S.HI/c1-5-17-15(18-8-14-20-11(2)12(3)22-14)19-10-16(4,21)13-6-7-23-9-13;/h6-7,9,21H,5,8,10H2,1-4H3,(H2,17,18,19);1H. The Hall–Kier alpha value is -1.13. The highest BCUT2D eigenvalue weighted by Gasteiger charge is 2.23. The molecule has 0 aliphatic rings. The van der Waals surface area contributed by atoms with Crippen molar-refractivity contribution in [3.05, 3.63) is 39.7 Å². The van der Waals surface area contributed by atoms with E-state index in [0.717, 1.165) is 23.6 Å². The molecule has 2 heterocycles. The minimum absolute atomic E-state index is 0. The monoisotopic (exact) mass is 464 g/mol. The van der Waals surface area contributed by atoms with Crippen molar-refractivity contribution >= 4 is 41.3 Å². The zero-order valence-electron chi connectivity index (χ0n) is 14.4. The van der Waals surface area contributed by atoms with Gasteiger partial charge >= 0.3 is 0 Å². The molecular weight excluding hydrogens is 439 g/mol. The van der Waals surface area contributed by atoms with E-state index in [2.05, 4.69) is 20.6 Å². The second kappa shape index (κ2) is 9.38. The van der Waals surface area contributed by atoms with Crippen LogP contribution in [0.3, 0.4) is 0 Å². The van der Waals surface area contributed by atoms with Crippen molar-refractivity contribution < 1.29 is 9.52 Å². The smallest absolute Gasteiger partial charge is 0.216 e. The molecule has 0 amide bonds. The Labute approximate surface area is 163 Å². The molecule has 0 aliphatic heterocycles. The van der Waals surface area contributed by atoms with E-state index >= 15 is 0 Å². The first-order chi connectivity index (χ1) is 10.9. The third-order valence-corrected chi connectivity index (χ3v) is 4.22. The molecule has 3 N–H and O–H groups in total. The molecule has 1 atom stereocenters. The van der Waals surface area contributed by atoms with Gasteiger partial charge in [-0.2, -0.15) is 11.3 Å². The van der Waals surface area contributed by atoms with Crippen LogP contribution in [0, 0.1) is 13.8 Å². The first-order valence-corrected chi connectivity index (χ1v) is 8.57. The van der Waals surface area contributed by atoms with Gasteiger partial charge in [0.05, 0.1) is 12.2 Å². The molecule has 0 radical (unpaired) electrons. The van der Waals surface area contributed by atoms with Gasteiger partial charge in [0, 0.05) is 6.54 Å². The Kier molecular flexibility index (Phi) is 8.17. The van der Waals surface area contributed by atoms with Crippen molar-refractivity contribution in [2.24, 2.45) is 4.99 Å². The average molecular weight is 464 g/mol. The summed E-state index contributed by atoms with van der Waals surface area (Å²) in [7, 11) is 0. The lowest BCUT2D eigenvalue weighted by atomic mass is 9.99. The van der Waals surface area contributed by atoms with Gasteiger partial charge in [-0.3, -0.25) is 0 Å². The van der Waals surface area contributed by atoms with Crippen molar-refractivity contribution in [1.82, 2.24) is 15.6 Å². The molecule has 0 saturated heterocycles. The number of aryl methyl sites for hydroxylation is 2. The number of thiophene rings is 1. The molecule has 24 heavy (non-hydrogen) atoms. The molecule has 2 aromatic rings. The summed E-state index contributed by atoms with van der Waals surface area (Å²) in [6, 6.07) is 1.93. The quantitative estimate of drug-likeness (QED) is 0.348. The van der Waals surface area contributed by atoms with Crippen LogP contribution in [-0.4, -0.2) is 29.1 Å². The highest BCUT2D eigenvalue weighted by molar-refractivity contribution is 14.0. The summed E-state index contributed by atoms with van der Waals surface area (Å²) in [6.07, 6.45) is 0. The van der Waals surface area contributed by atoms with Gasteiger partial charge in [0.2, 0.25) is 5.89 Å². The molecule has 2 aromatic heterocycles. The van der Waals surface area contributed by atoms with Gasteiger partial charge in [-0.1, -0.05) is 0 Å². The molecule has 0 aliphatic carbocycles. The molecule has 0 saturated carbocycles. The van der Waals surface area contributed by atoms with Crippen molar-refractivity contribution in [3.8, 4) is 0 Å². The maximum atomic E-state index is 10.5. The summed E-state index contributed by atoms with van der Waals surface area (Å²) in [5.41, 5.74) is 0.824. The average Bonchev–Trinajstić information content (AvgIpc) is 3.13. The Morgan fingerprint density at radius 3 is 2.71 bits per heavy atom. The first kappa shape index (κ1) is 20.9. The lowest BCUT2D eigenvalue weighted by molar-refractivity contribution is 0.0621. The van der Waals surface area contributed by atoms with Crippen molar-refractivity contribution in [1.29, 1.82) is 0 Å². The van der Waals surface area contributed by atoms with E-state index < -0.39 is 5.60 Å². The summed E-state index contributed by atoms with van der Waals surface area (Å²) in [5.74, 6) is 2.02. The SMILES string of the molecule is CCNC(=NCc1nc(C)c(C)o1)NCC(C)(O)c1ccsc1.I. The largest absolute Gasteiger partial charge is 0.444 e. The molecule has 0 fully saturated rings. The van der Waals surface area contributed by atoms with Crippen LogP contribution < -0.4 is 10.6 Å². The molecule has 0 bridgehead atoms. The molecule has 2 rings (SSSR count). The van der Waals surface area contributed by atoms with Crippen molar-refractivity contribution in [2.75, 3.05) is 13.1 Å². The molecule has 8 heteroatoms. The third kappa shape index (κ3) is 5.75.